The number of rotatable bonds is 8. The number of benzene rings is 2. The lowest BCUT2D eigenvalue weighted by Crippen LogP contribution is -2.07. The van der Waals surface area contributed by atoms with E-state index in [1.807, 2.05) is 67.8 Å². The molecule has 150 valence electrons. The minimum Gasteiger partial charge on any atom is -0.494 e. The first kappa shape index (κ1) is 21.0. The maximum Gasteiger partial charge on any atom is 0.197 e. The third kappa shape index (κ3) is 5.22. The van der Waals surface area contributed by atoms with Crippen LogP contribution >= 0.6 is 23.4 Å². The summed E-state index contributed by atoms with van der Waals surface area (Å²) in [6.07, 6.45) is 0. The molecule has 0 fully saturated rings. The first-order valence-electron chi connectivity index (χ1n) is 9.14. The van der Waals surface area contributed by atoms with Crippen molar-refractivity contribution >= 4 is 23.4 Å². The molecule has 0 saturated heterocycles. The maximum atomic E-state index is 9.17. The highest BCUT2D eigenvalue weighted by atomic mass is 35.5. The van der Waals surface area contributed by atoms with Gasteiger partial charge in [-0.3, -0.25) is 4.57 Å². The SMILES string of the molecule is CCOc1ccc(OCc2nnc(SC(C)C#N)n2-c2ccc(C)c(Cl)c2)cc1. The first-order chi connectivity index (χ1) is 14.0. The van der Waals surface area contributed by atoms with E-state index in [9.17, 15) is 5.26 Å². The quantitative estimate of drug-likeness (QED) is 0.458. The average molecular weight is 429 g/mol. The summed E-state index contributed by atoms with van der Waals surface area (Å²) >= 11 is 7.66. The van der Waals surface area contributed by atoms with Gasteiger partial charge in [-0.05, 0) is 62.7 Å². The standard InChI is InChI=1S/C21H21ClN4O2S/c1-4-27-17-7-9-18(10-8-17)28-13-20-24-25-21(29-15(3)12-23)26(20)16-6-5-14(2)19(22)11-16/h5-11,15H,4,13H2,1-3H3. The molecule has 1 heterocycles. The predicted octanol–water partition coefficient (Wildman–Crippen LogP) is 5.21. The fraction of sp³-hybridized carbons (Fsp3) is 0.286. The molecule has 1 aromatic heterocycles. The molecular formula is C21H21ClN4O2S. The Balaban J connectivity index is 1.87. The predicted molar refractivity (Wildman–Crippen MR) is 114 cm³/mol. The third-order valence-corrected chi connectivity index (χ3v) is 5.42. The van der Waals surface area contributed by atoms with Crippen molar-refractivity contribution in [2.45, 2.75) is 37.8 Å². The number of thioether (sulfide) groups is 1. The highest BCUT2D eigenvalue weighted by Gasteiger charge is 2.18. The third-order valence-electron chi connectivity index (χ3n) is 4.08. The zero-order chi connectivity index (χ0) is 20.8. The molecule has 0 bridgehead atoms. The van der Waals surface area contributed by atoms with Crippen molar-refractivity contribution < 1.29 is 9.47 Å². The van der Waals surface area contributed by atoms with Crippen molar-refractivity contribution in [1.82, 2.24) is 14.8 Å². The molecule has 6 nitrogen and oxygen atoms in total. The highest BCUT2D eigenvalue weighted by molar-refractivity contribution is 8.00. The monoisotopic (exact) mass is 428 g/mol. The van der Waals surface area contributed by atoms with Crippen molar-refractivity contribution in [1.29, 1.82) is 5.26 Å². The van der Waals surface area contributed by atoms with E-state index in [0.29, 0.717) is 28.4 Å². The smallest absolute Gasteiger partial charge is 0.197 e. The van der Waals surface area contributed by atoms with Gasteiger partial charge in [-0.2, -0.15) is 5.26 Å². The number of aromatic nitrogens is 3. The minimum atomic E-state index is -0.265. The number of hydrogen-bond donors (Lipinski definition) is 0. The van der Waals surface area contributed by atoms with Gasteiger partial charge >= 0.3 is 0 Å². The van der Waals surface area contributed by atoms with Gasteiger partial charge in [-0.1, -0.05) is 29.4 Å². The summed E-state index contributed by atoms with van der Waals surface area (Å²) in [4.78, 5) is 0. The van der Waals surface area contributed by atoms with Crippen LogP contribution in [0.1, 0.15) is 25.2 Å². The Bertz CT molecular complexity index is 1010. The molecule has 1 unspecified atom stereocenters. The van der Waals surface area contributed by atoms with Gasteiger partial charge in [0.05, 0.1) is 23.6 Å². The van der Waals surface area contributed by atoms with E-state index < -0.39 is 0 Å². The van der Waals surface area contributed by atoms with Crippen LogP contribution in [0.25, 0.3) is 5.69 Å². The van der Waals surface area contributed by atoms with Crippen LogP contribution in [0.3, 0.4) is 0 Å². The van der Waals surface area contributed by atoms with Gasteiger partial charge in [-0.25, -0.2) is 0 Å². The molecule has 0 spiro atoms. The van der Waals surface area contributed by atoms with E-state index >= 15 is 0 Å². The molecule has 3 rings (SSSR count). The maximum absolute atomic E-state index is 9.17. The molecule has 0 aliphatic carbocycles. The molecule has 2 aromatic carbocycles. The average Bonchev–Trinajstić information content (AvgIpc) is 3.12. The number of nitrogens with zero attached hydrogens (tertiary/aromatic N) is 4. The fourth-order valence-corrected chi connectivity index (χ4v) is 3.53. The molecule has 0 aliphatic rings. The van der Waals surface area contributed by atoms with E-state index in [0.717, 1.165) is 17.0 Å². The summed E-state index contributed by atoms with van der Waals surface area (Å²) in [6.45, 7) is 6.54. The van der Waals surface area contributed by atoms with Gasteiger partial charge in [-0.15, -0.1) is 10.2 Å². The van der Waals surface area contributed by atoms with Gasteiger partial charge in [0.2, 0.25) is 0 Å². The van der Waals surface area contributed by atoms with E-state index in [-0.39, 0.29) is 11.9 Å². The number of nitriles is 1. The van der Waals surface area contributed by atoms with Crippen LogP contribution in [-0.2, 0) is 6.61 Å². The summed E-state index contributed by atoms with van der Waals surface area (Å²) in [5, 5.41) is 18.7. The molecule has 29 heavy (non-hydrogen) atoms. The lowest BCUT2D eigenvalue weighted by Gasteiger charge is -2.13. The zero-order valence-corrected chi connectivity index (χ0v) is 18.0. The van der Waals surface area contributed by atoms with Crippen LogP contribution in [0, 0.1) is 18.3 Å². The number of halogens is 1. The molecule has 0 amide bonds. The van der Waals surface area contributed by atoms with Gasteiger partial charge < -0.3 is 9.47 Å². The van der Waals surface area contributed by atoms with Gasteiger partial charge in [0.1, 0.15) is 18.1 Å². The van der Waals surface area contributed by atoms with Crippen molar-refractivity contribution in [2.24, 2.45) is 0 Å². The first-order valence-corrected chi connectivity index (χ1v) is 10.4. The molecule has 0 N–H and O–H groups in total. The van der Waals surface area contributed by atoms with Crippen LogP contribution < -0.4 is 9.47 Å². The molecule has 0 saturated carbocycles. The van der Waals surface area contributed by atoms with Crippen LogP contribution in [0.15, 0.2) is 47.6 Å². The Kier molecular flexibility index (Phi) is 7.02. The molecule has 8 heteroatoms. The van der Waals surface area contributed by atoms with E-state index in [4.69, 9.17) is 21.1 Å². The van der Waals surface area contributed by atoms with Crippen molar-refractivity contribution in [3.63, 3.8) is 0 Å². The Morgan fingerprint density at radius 1 is 1.14 bits per heavy atom. The van der Waals surface area contributed by atoms with E-state index in [1.54, 1.807) is 0 Å². The second kappa shape index (κ2) is 9.68. The number of ether oxygens (including phenoxy) is 2. The summed E-state index contributed by atoms with van der Waals surface area (Å²) in [5.41, 5.74) is 1.80. The van der Waals surface area contributed by atoms with Gasteiger partial charge in [0, 0.05) is 5.02 Å². The second-order valence-electron chi connectivity index (χ2n) is 6.25. The largest absolute Gasteiger partial charge is 0.494 e. The topological polar surface area (TPSA) is 73.0 Å². The highest BCUT2D eigenvalue weighted by Crippen LogP contribution is 2.28. The Labute approximate surface area is 179 Å². The van der Waals surface area contributed by atoms with Gasteiger partial charge in [0.15, 0.2) is 11.0 Å². The molecular weight excluding hydrogens is 408 g/mol. The second-order valence-corrected chi connectivity index (χ2v) is 7.97. The van der Waals surface area contributed by atoms with Gasteiger partial charge in [0.25, 0.3) is 0 Å². The van der Waals surface area contributed by atoms with Crippen molar-refractivity contribution in [3.05, 3.63) is 58.9 Å². The fourth-order valence-electron chi connectivity index (χ4n) is 2.58. The van der Waals surface area contributed by atoms with Crippen molar-refractivity contribution in [3.8, 4) is 23.3 Å². The lowest BCUT2D eigenvalue weighted by atomic mass is 10.2. The Morgan fingerprint density at radius 2 is 1.83 bits per heavy atom. The molecule has 0 aliphatic heterocycles. The summed E-state index contributed by atoms with van der Waals surface area (Å²) in [6, 6.07) is 15.4. The summed E-state index contributed by atoms with van der Waals surface area (Å²) in [5.74, 6) is 2.11. The number of hydrogen-bond acceptors (Lipinski definition) is 6. The van der Waals surface area contributed by atoms with Crippen molar-refractivity contribution in [2.75, 3.05) is 6.61 Å². The summed E-state index contributed by atoms with van der Waals surface area (Å²) < 4.78 is 13.2. The Morgan fingerprint density at radius 3 is 2.45 bits per heavy atom. The lowest BCUT2D eigenvalue weighted by molar-refractivity contribution is 0.291. The van der Waals surface area contributed by atoms with E-state index in [2.05, 4.69) is 16.3 Å². The Hall–Kier alpha value is -2.69. The minimum absolute atomic E-state index is 0.216. The number of aryl methyl sites for hydroxylation is 1. The van der Waals surface area contributed by atoms with E-state index in [1.165, 1.54) is 11.8 Å². The van der Waals surface area contributed by atoms with Crippen LogP contribution in [-0.4, -0.2) is 26.6 Å². The van der Waals surface area contributed by atoms with Crippen LogP contribution in [0.4, 0.5) is 0 Å². The van der Waals surface area contributed by atoms with Crippen LogP contribution in [0.5, 0.6) is 11.5 Å². The molecule has 3 aromatic rings. The summed E-state index contributed by atoms with van der Waals surface area (Å²) in [7, 11) is 0. The zero-order valence-electron chi connectivity index (χ0n) is 16.4. The normalized spacial score (nSPS) is 11.7. The molecule has 0 radical (unpaired) electrons. The molecule has 1 atom stereocenters. The van der Waals surface area contributed by atoms with Crippen LogP contribution in [0.2, 0.25) is 5.02 Å².